The third kappa shape index (κ3) is 3.46. The molecular formula is C15H16ClF3N2S. The van der Waals surface area contributed by atoms with Crippen LogP contribution in [0.15, 0.2) is 29.6 Å². The molecule has 0 unspecified atom stereocenters. The van der Waals surface area contributed by atoms with Crippen LogP contribution >= 0.6 is 23.7 Å². The van der Waals surface area contributed by atoms with Gasteiger partial charge in [0.2, 0.25) is 0 Å². The van der Waals surface area contributed by atoms with Crippen LogP contribution in [-0.2, 0) is 0 Å². The number of nitrogens with one attached hydrogen (secondary N) is 1. The molecule has 1 aromatic heterocycles. The lowest BCUT2D eigenvalue weighted by atomic mass is 10.0. The molecule has 120 valence electrons. The molecule has 1 aromatic carbocycles. The van der Waals surface area contributed by atoms with E-state index in [9.17, 15) is 13.2 Å². The molecule has 0 aliphatic carbocycles. The molecule has 1 N–H and O–H groups in total. The fourth-order valence-electron chi connectivity index (χ4n) is 2.66. The topological polar surface area (TPSA) is 15.3 Å². The fraction of sp³-hybridized carbons (Fsp3) is 0.333. The van der Waals surface area contributed by atoms with Crippen LogP contribution in [-0.4, -0.2) is 31.1 Å². The van der Waals surface area contributed by atoms with Gasteiger partial charge < -0.3 is 5.32 Å². The highest BCUT2D eigenvalue weighted by molar-refractivity contribution is 7.10. The highest BCUT2D eigenvalue weighted by Crippen LogP contribution is 2.34. The average Bonchev–Trinajstić information content (AvgIpc) is 3.00. The van der Waals surface area contributed by atoms with Crippen LogP contribution in [0.5, 0.6) is 0 Å². The molecule has 0 amide bonds. The van der Waals surface area contributed by atoms with Gasteiger partial charge in [-0.15, -0.1) is 23.7 Å². The molecule has 7 heteroatoms. The molecule has 2 nitrogen and oxygen atoms in total. The average molecular weight is 349 g/mol. The molecule has 1 saturated heterocycles. The second kappa shape index (κ2) is 7.46. The normalized spacial score (nSPS) is 17.0. The van der Waals surface area contributed by atoms with Gasteiger partial charge in [0.15, 0.2) is 11.6 Å². The lowest BCUT2D eigenvalue weighted by Gasteiger charge is -2.34. The van der Waals surface area contributed by atoms with Crippen molar-refractivity contribution < 1.29 is 13.2 Å². The Morgan fingerprint density at radius 3 is 2.36 bits per heavy atom. The zero-order valence-corrected chi connectivity index (χ0v) is 13.3. The van der Waals surface area contributed by atoms with E-state index in [4.69, 9.17) is 0 Å². The Morgan fingerprint density at radius 1 is 1.05 bits per heavy atom. The molecule has 1 aliphatic heterocycles. The summed E-state index contributed by atoms with van der Waals surface area (Å²) in [6, 6.07) is 5.03. The fourth-order valence-corrected chi connectivity index (χ4v) is 3.54. The zero-order chi connectivity index (χ0) is 14.8. The monoisotopic (exact) mass is 348 g/mol. The van der Waals surface area contributed by atoms with E-state index >= 15 is 0 Å². The maximum absolute atomic E-state index is 14.2. The van der Waals surface area contributed by atoms with Gasteiger partial charge in [-0.1, -0.05) is 6.07 Å². The van der Waals surface area contributed by atoms with Gasteiger partial charge in [0, 0.05) is 42.7 Å². The first kappa shape index (κ1) is 17.3. The van der Waals surface area contributed by atoms with Crippen molar-refractivity contribution in [3.8, 4) is 0 Å². The predicted octanol–water partition coefficient (Wildman–Crippen LogP) is 3.58. The highest BCUT2D eigenvalue weighted by atomic mass is 35.5. The van der Waals surface area contributed by atoms with Gasteiger partial charge >= 0.3 is 0 Å². The molecule has 1 atom stereocenters. The number of thiophene rings is 1. The van der Waals surface area contributed by atoms with Crippen LogP contribution in [0, 0.1) is 17.5 Å². The highest BCUT2D eigenvalue weighted by Gasteiger charge is 2.28. The summed E-state index contributed by atoms with van der Waals surface area (Å²) in [6.07, 6.45) is 0. The second-order valence-electron chi connectivity index (χ2n) is 4.99. The van der Waals surface area contributed by atoms with Crippen molar-refractivity contribution in [3.05, 3.63) is 57.5 Å². The molecule has 1 fully saturated rings. The lowest BCUT2D eigenvalue weighted by Crippen LogP contribution is -2.45. The van der Waals surface area contributed by atoms with Gasteiger partial charge in [0.1, 0.15) is 5.82 Å². The van der Waals surface area contributed by atoms with Crippen molar-refractivity contribution in [3.63, 3.8) is 0 Å². The van der Waals surface area contributed by atoms with E-state index in [0.717, 1.165) is 37.1 Å². The van der Waals surface area contributed by atoms with E-state index in [1.165, 1.54) is 11.3 Å². The Hall–Kier alpha value is -1.08. The third-order valence-electron chi connectivity index (χ3n) is 3.66. The summed E-state index contributed by atoms with van der Waals surface area (Å²) in [7, 11) is 0. The Bertz CT molecular complexity index is 616. The Labute approximate surface area is 137 Å². The number of hydrogen-bond acceptors (Lipinski definition) is 3. The minimum atomic E-state index is -1.15. The van der Waals surface area contributed by atoms with E-state index in [0.29, 0.717) is 6.07 Å². The van der Waals surface area contributed by atoms with Gasteiger partial charge in [-0.05, 0) is 17.5 Å². The van der Waals surface area contributed by atoms with Crippen LogP contribution in [0.25, 0.3) is 0 Å². The number of hydrogen-bond donors (Lipinski definition) is 1. The van der Waals surface area contributed by atoms with Crippen LogP contribution < -0.4 is 5.32 Å². The van der Waals surface area contributed by atoms with E-state index in [1.54, 1.807) is 0 Å². The number of rotatable bonds is 3. The molecule has 2 aromatic rings. The number of piperazine rings is 1. The van der Waals surface area contributed by atoms with Crippen LogP contribution in [0.1, 0.15) is 16.5 Å². The van der Waals surface area contributed by atoms with Crippen LogP contribution in [0.4, 0.5) is 13.2 Å². The SMILES string of the molecule is Cl.Fc1cc(F)c([C@@H](c2cccs2)N2CCNCC2)cc1F. The van der Waals surface area contributed by atoms with Gasteiger partial charge in [-0.2, -0.15) is 0 Å². The summed E-state index contributed by atoms with van der Waals surface area (Å²) < 4.78 is 40.9. The van der Waals surface area contributed by atoms with Crippen molar-refractivity contribution in [1.82, 2.24) is 10.2 Å². The van der Waals surface area contributed by atoms with Gasteiger partial charge in [-0.25, -0.2) is 13.2 Å². The van der Waals surface area contributed by atoms with E-state index in [-0.39, 0.29) is 24.0 Å². The van der Waals surface area contributed by atoms with E-state index in [1.807, 2.05) is 17.5 Å². The summed E-state index contributed by atoms with van der Waals surface area (Å²) in [5, 5.41) is 5.14. The predicted molar refractivity (Wildman–Crippen MR) is 84.2 cm³/mol. The molecule has 1 aliphatic rings. The van der Waals surface area contributed by atoms with Gasteiger partial charge in [0.25, 0.3) is 0 Å². The molecule has 2 heterocycles. The number of nitrogens with zero attached hydrogens (tertiary/aromatic N) is 1. The standard InChI is InChI=1S/C15H15F3N2S.ClH/c16-11-9-13(18)12(17)8-10(11)15(14-2-1-7-21-14)20-5-3-19-4-6-20;/h1-2,7-9,15,19H,3-6H2;1H/t15-;/m0./s1. The van der Waals surface area contributed by atoms with E-state index in [2.05, 4.69) is 10.2 Å². The van der Waals surface area contributed by atoms with Crippen LogP contribution in [0.2, 0.25) is 0 Å². The minimum absolute atomic E-state index is 0. The van der Waals surface area contributed by atoms with Crippen molar-refractivity contribution in [2.24, 2.45) is 0 Å². The molecular weight excluding hydrogens is 333 g/mol. The maximum atomic E-state index is 14.2. The number of halogens is 4. The molecule has 0 radical (unpaired) electrons. The van der Waals surface area contributed by atoms with Gasteiger partial charge in [0.05, 0.1) is 6.04 Å². The first-order valence-corrected chi connectivity index (χ1v) is 7.67. The summed E-state index contributed by atoms with van der Waals surface area (Å²) in [5.74, 6) is -2.87. The minimum Gasteiger partial charge on any atom is -0.314 e. The maximum Gasteiger partial charge on any atom is 0.161 e. The Morgan fingerprint density at radius 2 is 1.73 bits per heavy atom. The molecule has 0 spiro atoms. The number of benzene rings is 1. The smallest absolute Gasteiger partial charge is 0.161 e. The van der Waals surface area contributed by atoms with Crippen molar-refractivity contribution in [2.75, 3.05) is 26.2 Å². The zero-order valence-electron chi connectivity index (χ0n) is 11.7. The first-order chi connectivity index (χ1) is 10.2. The second-order valence-corrected chi connectivity index (χ2v) is 5.97. The first-order valence-electron chi connectivity index (χ1n) is 6.79. The van der Waals surface area contributed by atoms with Gasteiger partial charge in [-0.3, -0.25) is 4.90 Å². The Kier molecular flexibility index (Phi) is 5.86. The molecule has 3 rings (SSSR count). The van der Waals surface area contributed by atoms with E-state index < -0.39 is 17.5 Å². The summed E-state index contributed by atoms with van der Waals surface area (Å²) in [4.78, 5) is 3.03. The third-order valence-corrected chi connectivity index (χ3v) is 4.59. The quantitative estimate of drug-likeness (QED) is 0.853. The molecule has 0 saturated carbocycles. The molecule has 22 heavy (non-hydrogen) atoms. The largest absolute Gasteiger partial charge is 0.314 e. The van der Waals surface area contributed by atoms with Crippen molar-refractivity contribution in [2.45, 2.75) is 6.04 Å². The van der Waals surface area contributed by atoms with Crippen molar-refractivity contribution in [1.29, 1.82) is 0 Å². The lowest BCUT2D eigenvalue weighted by molar-refractivity contribution is 0.197. The summed E-state index contributed by atoms with van der Waals surface area (Å²) in [5.41, 5.74) is 0.193. The van der Waals surface area contributed by atoms with Crippen LogP contribution in [0.3, 0.4) is 0 Å². The summed E-state index contributed by atoms with van der Waals surface area (Å²) >= 11 is 1.49. The molecule has 0 bridgehead atoms. The summed E-state index contributed by atoms with van der Waals surface area (Å²) in [6.45, 7) is 3.07. The Balaban J connectivity index is 0.00000176. The van der Waals surface area contributed by atoms with Crippen molar-refractivity contribution >= 4 is 23.7 Å².